The minimum absolute atomic E-state index is 0.141. The van der Waals surface area contributed by atoms with E-state index in [2.05, 4.69) is 10.6 Å². The van der Waals surface area contributed by atoms with Gasteiger partial charge in [0.25, 0.3) is 5.91 Å². The summed E-state index contributed by atoms with van der Waals surface area (Å²) >= 11 is 0. The Bertz CT molecular complexity index is 830. The largest absolute Gasteiger partial charge is 0.381 e. The van der Waals surface area contributed by atoms with Gasteiger partial charge >= 0.3 is 0 Å². The summed E-state index contributed by atoms with van der Waals surface area (Å²) in [6, 6.07) is 14.8. The number of carbonyl (C=O) groups excluding carboxylic acids is 2. The molecule has 0 bridgehead atoms. The zero-order chi connectivity index (χ0) is 20.6. The molecule has 1 aliphatic rings. The monoisotopic (exact) mass is 395 g/mol. The highest BCUT2D eigenvalue weighted by atomic mass is 16.5. The van der Waals surface area contributed by atoms with Crippen molar-refractivity contribution >= 4 is 11.8 Å². The van der Waals surface area contributed by atoms with Gasteiger partial charge in [0.1, 0.15) is 0 Å². The number of hydrogen-bond donors (Lipinski definition) is 3. The molecule has 154 valence electrons. The van der Waals surface area contributed by atoms with Gasteiger partial charge in [-0.3, -0.25) is 9.59 Å². The maximum atomic E-state index is 12.5. The highest BCUT2D eigenvalue weighted by Crippen LogP contribution is 2.17. The third kappa shape index (κ3) is 6.14. The summed E-state index contributed by atoms with van der Waals surface area (Å²) < 4.78 is 5.32. The van der Waals surface area contributed by atoms with Crippen molar-refractivity contribution in [1.29, 1.82) is 0 Å². The van der Waals surface area contributed by atoms with E-state index >= 15 is 0 Å². The molecule has 0 spiro atoms. The molecule has 1 fully saturated rings. The minimum atomic E-state index is -0.528. The molecule has 3 rings (SSSR count). The molecule has 6 nitrogen and oxygen atoms in total. The Hall–Kier alpha value is -2.70. The fraction of sp³-hybridized carbons (Fsp3) is 0.391. The molecular weight excluding hydrogens is 366 g/mol. The lowest BCUT2D eigenvalue weighted by atomic mass is 9.92. The molecule has 2 aromatic carbocycles. The molecule has 4 N–H and O–H groups in total. The number of benzene rings is 2. The van der Waals surface area contributed by atoms with Crippen molar-refractivity contribution in [2.45, 2.75) is 38.9 Å². The zero-order valence-electron chi connectivity index (χ0n) is 16.8. The quantitative estimate of drug-likeness (QED) is 0.671. The minimum Gasteiger partial charge on any atom is -0.381 e. The second kappa shape index (κ2) is 10.2. The average molecular weight is 396 g/mol. The lowest BCUT2D eigenvalue weighted by molar-refractivity contribution is -0.124. The van der Waals surface area contributed by atoms with Crippen LogP contribution in [0.2, 0.25) is 0 Å². The van der Waals surface area contributed by atoms with E-state index in [1.54, 1.807) is 12.1 Å². The van der Waals surface area contributed by atoms with Crippen molar-refractivity contribution < 1.29 is 14.3 Å². The van der Waals surface area contributed by atoms with Gasteiger partial charge in [-0.05, 0) is 48.9 Å². The third-order valence-corrected chi connectivity index (χ3v) is 5.31. The number of aryl methyl sites for hydroxylation is 1. The first-order chi connectivity index (χ1) is 14.0. The Balaban J connectivity index is 1.51. The van der Waals surface area contributed by atoms with Crippen LogP contribution in [0.15, 0.2) is 48.5 Å². The van der Waals surface area contributed by atoms with Gasteiger partial charge in [-0.15, -0.1) is 0 Å². The number of ether oxygens (including phenoxy) is 1. The van der Waals surface area contributed by atoms with Gasteiger partial charge in [0.15, 0.2) is 0 Å². The van der Waals surface area contributed by atoms with Gasteiger partial charge in [-0.2, -0.15) is 0 Å². The lowest BCUT2D eigenvalue weighted by Gasteiger charge is -2.26. The molecule has 2 aromatic rings. The van der Waals surface area contributed by atoms with Gasteiger partial charge in [-0.25, -0.2) is 0 Å². The highest BCUT2D eigenvalue weighted by molar-refractivity contribution is 5.94. The fourth-order valence-electron chi connectivity index (χ4n) is 3.41. The Morgan fingerprint density at radius 1 is 1.03 bits per heavy atom. The van der Waals surface area contributed by atoms with Crippen molar-refractivity contribution in [1.82, 2.24) is 10.6 Å². The number of nitrogens with two attached hydrogens (primary N) is 1. The summed E-state index contributed by atoms with van der Waals surface area (Å²) in [6.45, 7) is 4.16. The topological polar surface area (TPSA) is 93.5 Å². The van der Waals surface area contributed by atoms with Crippen LogP contribution in [0.25, 0.3) is 0 Å². The van der Waals surface area contributed by atoms with Crippen LogP contribution in [-0.4, -0.2) is 31.1 Å². The molecule has 29 heavy (non-hydrogen) atoms. The molecule has 2 amide bonds. The van der Waals surface area contributed by atoms with Crippen LogP contribution in [0, 0.1) is 12.8 Å². The van der Waals surface area contributed by atoms with Crippen molar-refractivity contribution in [2.75, 3.05) is 13.2 Å². The number of amides is 2. The molecule has 0 aromatic heterocycles. The molecule has 6 heteroatoms. The van der Waals surface area contributed by atoms with Gasteiger partial charge in [-0.1, -0.05) is 42.0 Å². The van der Waals surface area contributed by atoms with E-state index in [9.17, 15) is 9.59 Å². The first kappa shape index (κ1) is 21.0. The first-order valence-electron chi connectivity index (χ1n) is 10.1. The summed E-state index contributed by atoms with van der Waals surface area (Å²) in [5.41, 5.74) is 9.77. The van der Waals surface area contributed by atoms with Gasteiger partial charge < -0.3 is 21.1 Å². The second-order valence-corrected chi connectivity index (χ2v) is 7.56. The molecular formula is C23H29N3O3. The maximum Gasteiger partial charge on any atom is 0.251 e. The third-order valence-electron chi connectivity index (χ3n) is 5.31. The molecule has 0 saturated carbocycles. The van der Waals surface area contributed by atoms with Crippen molar-refractivity contribution in [3.63, 3.8) is 0 Å². The number of carbonyl (C=O) groups is 2. The summed E-state index contributed by atoms with van der Waals surface area (Å²) in [5.74, 6) is -0.147. The van der Waals surface area contributed by atoms with Crippen LogP contribution in [0.4, 0.5) is 0 Å². The predicted molar refractivity (Wildman–Crippen MR) is 112 cm³/mol. The van der Waals surface area contributed by atoms with Crippen LogP contribution < -0.4 is 16.4 Å². The second-order valence-electron chi connectivity index (χ2n) is 7.56. The zero-order valence-corrected chi connectivity index (χ0v) is 16.8. The molecule has 0 aliphatic carbocycles. The van der Waals surface area contributed by atoms with E-state index in [-0.39, 0.29) is 17.7 Å². The van der Waals surface area contributed by atoms with Crippen LogP contribution in [0.5, 0.6) is 0 Å². The standard InChI is InChI=1S/C23H29N3O3/c1-16-5-7-17(8-6-16)14-25-22(27)20-4-2-3-18(13-20)15-26-23(28)21(24)19-9-11-29-12-10-19/h2-8,13,19,21H,9-12,14-15,24H2,1H3,(H,25,27)(H,26,28). The van der Waals surface area contributed by atoms with E-state index in [0.717, 1.165) is 24.0 Å². The van der Waals surface area contributed by atoms with E-state index in [1.165, 1.54) is 5.56 Å². The van der Waals surface area contributed by atoms with Gasteiger partial charge in [0.2, 0.25) is 5.91 Å². The van der Waals surface area contributed by atoms with Crippen LogP contribution >= 0.6 is 0 Å². The van der Waals surface area contributed by atoms with E-state index in [0.29, 0.717) is 31.9 Å². The number of hydrogen-bond acceptors (Lipinski definition) is 4. The summed E-state index contributed by atoms with van der Waals surface area (Å²) in [5, 5.41) is 5.82. The first-order valence-corrected chi connectivity index (χ1v) is 10.1. The smallest absolute Gasteiger partial charge is 0.251 e. The molecule has 0 radical (unpaired) electrons. The molecule has 1 unspecified atom stereocenters. The number of nitrogens with one attached hydrogen (secondary N) is 2. The van der Waals surface area contributed by atoms with E-state index in [1.807, 2.05) is 43.3 Å². The van der Waals surface area contributed by atoms with Gasteiger partial charge in [0, 0.05) is 31.9 Å². The summed E-state index contributed by atoms with van der Waals surface area (Å²) in [7, 11) is 0. The molecule has 1 atom stereocenters. The number of rotatable bonds is 7. The molecule has 1 saturated heterocycles. The summed E-state index contributed by atoms with van der Waals surface area (Å²) in [4.78, 5) is 24.8. The van der Waals surface area contributed by atoms with Crippen molar-refractivity contribution in [2.24, 2.45) is 11.7 Å². The Kier molecular flexibility index (Phi) is 7.38. The van der Waals surface area contributed by atoms with E-state index in [4.69, 9.17) is 10.5 Å². The Morgan fingerprint density at radius 2 is 1.72 bits per heavy atom. The highest BCUT2D eigenvalue weighted by Gasteiger charge is 2.26. The van der Waals surface area contributed by atoms with Crippen molar-refractivity contribution in [3.05, 3.63) is 70.8 Å². The Morgan fingerprint density at radius 3 is 2.45 bits per heavy atom. The molecule has 1 aliphatic heterocycles. The van der Waals surface area contributed by atoms with E-state index < -0.39 is 6.04 Å². The lowest BCUT2D eigenvalue weighted by Crippen LogP contribution is -2.46. The van der Waals surface area contributed by atoms with Gasteiger partial charge in [0.05, 0.1) is 6.04 Å². The molecule has 1 heterocycles. The normalized spacial score (nSPS) is 15.5. The van der Waals surface area contributed by atoms with Crippen molar-refractivity contribution in [3.8, 4) is 0 Å². The van der Waals surface area contributed by atoms with Crippen LogP contribution in [0.1, 0.15) is 39.9 Å². The SMILES string of the molecule is Cc1ccc(CNC(=O)c2cccc(CNC(=O)C(N)C3CCOCC3)c2)cc1. The maximum absolute atomic E-state index is 12.5. The summed E-state index contributed by atoms with van der Waals surface area (Å²) in [6.07, 6.45) is 1.62. The van der Waals surface area contributed by atoms with Crippen LogP contribution in [-0.2, 0) is 22.6 Å². The van der Waals surface area contributed by atoms with Crippen LogP contribution in [0.3, 0.4) is 0 Å². The predicted octanol–water partition coefficient (Wildman–Crippen LogP) is 2.30. The fourth-order valence-corrected chi connectivity index (χ4v) is 3.41. The Labute approximate surface area is 171 Å². The average Bonchev–Trinajstić information content (AvgIpc) is 2.77.